The average molecular weight is 450 g/mol. The third kappa shape index (κ3) is 4.80. The van der Waals surface area contributed by atoms with E-state index in [1.807, 2.05) is 22.9 Å². The summed E-state index contributed by atoms with van der Waals surface area (Å²) in [5.74, 6) is 0. The fraction of sp³-hybridized carbons (Fsp3) is 0.333. The maximum atomic E-state index is 12.7. The molecule has 0 radical (unpaired) electrons. The van der Waals surface area contributed by atoms with Gasteiger partial charge >= 0.3 is 6.18 Å². The zero-order valence-corrected chi connectivity index (χ0v) is 17.3. The molecule has 0 aliphatic heterocycles. The van der Waals surface area contributed by atoms with Crippen molar-refractivity contribution in [2.45, 2.75) is 49.3 Å². The van der Waals surface area contributed by atoms with Crippen molar-refractivity contribution in [2.75, 3.05) is 0 Å². The number of aromatic nitrogens is 3. The number of pyridine rings is 1. The highest BCUT2D eigenvalue weighted by molar-refractivity contribution is 7.89. The van der Waals surface area contributed by atoms with E-state index in [4.69, 9.17) is 0 Å². The number of hydrogen-bond acceptors (Lipinski definition) is 4. The van der Waals surface area contributed by atoms with Crippen molar-refractivity contribution in [1.82, 2.24) is 19.5 Å². The number of hydrogen-bond donors (Lipinski definition) is 1. The molecule has 1 fully saturated rings. The van der Waals surface area contributed by atoms with Crippen molar-refractivity contribution >= 4 is 10.0 Å². The minimum Gasteiger partial charge on any atom is -0.265 e. The van der Waals surface area contributed by atoms with Crippen molar-refractivity contribution in [3.63, 3.8) is 0 Å². The second-order valence-electron chi connectivity index (χ2n) is 7.49. The molecule has 2 heterocycles. The van der Waals surface area contributed by atoms with Crippen LogP contribution in [0.2, 0.25) is 0 Å². The van der Waals surface area contributed by atoms with Gasteiger partial charge in [0.05, 0.1) is 34.4 Å². The Morgan fingerprint density at radius 1 is 1.03 bits per heavy atom. The molecule has 3 aromatic rings. The molecule has 1 aliphatic rings. The highest BCUT2D eigenvalue weighted by Crippen LogP contribution is 2.34. The first-order chi connectivity index (χ1) is 14.7. The van der Waals surface area contributed by atoms with E-state index < -0.39 is 21.8 Å². The van der Waals surface area contributed by atoms with Crippen LogP contribution in [0.5, 0.6) is 0 Å². The fourth-order valence-corrected chi connectivity index (χ4v) is 4.77. The zero-order valence-electron chi connectivity index (χ0n) is 16.5. The Hall–Kier alpha value is -2.72. The van der Waals surface area contributed by atoms with Crippen LogP contribution in [-0.4, -0.2) is 23.2 Å². The number of rotatable bonds is 6. The van der Waals surface area contributed by atoms with Gasteiger partial charge in [-0.3, -0.25) is 9.67 Å². The summed E-state index contributed by atoms with van der Waals surface area (Å²) >= 11 is 0. The number of sulfonamides is 1. The summed E-state index contributed by atoms with van der Waals surface area (Å²) in [5, 5.41) is 4.63. The molecule has 0 unspecified atom stereocenters. The van der Waals surface area contributed by atoms with Crippen LogP contribution in [0.4, 0.5) is 13.2 Å². The molecule has 0 saturated heterocycles. The van der Waals surface area contributed by atoms with Crippen LogP contribution in [0, 0.1) is 0 Å². The predicted molar refractivity (Wildman–Crippen MR) is 108 cm³/mol. The lowest BCUT2D eigenvalue weighted by atomic mass is 10.1. The van der Waals surface area contributed by atoms with Crippen LogP contribution >= 0.6 is 0 Å². The Morgan fingerprint density at radius 2 is 1.68 bits per heavy atom. The highest BCUT2D eigenvalue weighted by atomic mass is 32.2. The van der Waals surface area contributed by atoms with E-state index in [9.17, 15) is 21.6 Å². The van der Waals surface area contributed by atoms with Crippen LogP contribution in [-0.2, 0) is 22.7 Å². The van der Waals surface area contributed by atoms with E-state index in [0.29, 0.717) is 5.69 Å². The highest BCUT2D eigenvalue weighted by Gasteiger charge is 2.30. The minimum atomic E-state index is -4.52. The maximum Gasteiger partial charge on any atom is 0.416 e. The van der Waals surface area contributed by atoms with Crippen molar-refractivity contribution in [2.24, 2.45) is 0 Å². The minimum absolute atomic E-state index is 0.0683. The molecule has 2 aromatic heterocycles. The molecule has 1 aliphatic carbocycles. The van der Waals surface area contributed by atoms with Crippen molar-refractivity contribution in [3.8, 4) is 11.3 Å². The average Bonchev–Trinajstić information content (AvgIpc) is 3.42. The second-order valence-corrected chi connectivity index (χ2v) is 9.25. The Balaban J connectivity index is 1.55. The van der Waals surface area contributed by atoms with E-state index in [1.165, 1.54) is 0 Å². The number of halogens is 3. The summed E-state index contributed by atoms with van der Waals surface area (Å²) < 4.78 is 67.6. The number of nitrogens with one attached hydrogen (secondary N) is 1. The molecule has 0 atom stereocenters. The summed E-state index contributed by atoms with van der Waals surface area (Å²) in [6.45, 7) is -0.0683. The third-order valence-electron chi connectivity index (χ3n) is 5.37. The predicted octanol–water partition coefficient (Wildman–Crippen LogP) is 4.56. The molecule has 1 saturated carbocycles. The van der Waals surface area contributed by atoms with Crippen LogP contribution in [0.1, 0.15) is 43.0 Å². The molecular weight excluding hydrogens is 429 g/mol. The van der Waals surface area contributed by atoms with Crippen LogP contribution in [0.3, 0.4) is 0 Å². The molecule has 0 amide bonds. The van der Waals surface area contributed by atoms with Crippen LogP contribution < -0.4 is 4.72 Å². The molecule has 4 rings (SSSR count). The maximum absolute atomic E-state index is 12.7. The van der Waals surface area contributed by atoms with Gasteiger partial charge in [0, 0.05) is 18.0 Å². The standard InChI is InChI=1S/C21H21F3N4O2S/c22-21(23,24)16-5-7-19(8-6-16)31(29,30)26-14-17-13-20(15-9-11-25-12-10-15)28(27-17)18-3-1-2-4-18/h5-13,18,26H,1-4,14H2. The topological polar surface area (TPSA) is 76.9 Å². The van der Waals surface area contributed by atoms with Gasteiger partial charge in [-0.25, -0.2) is 13.1 Å². The molecule has 0 bridgehead atoms. The summed E-state index contributed by atoms with van der Waals surface area (Å²) in [4.78, 5) is 3.81. The molecule has 31 heavy (non-hydrogen) atoms. The Labute approximate surface area is 178 Å². The first-order valence-electron chi connectivity index (χ1n) is 9.90. The van der Waals surface area contributed by atoms with Crippen molar-refractivity contribution < 1.29 is 21.6 Å². The summed E-state index contributed by atoms with van der Waals surface area (Å²) in [5.41, 5.74) is 1.46. The molecule has 1 N–H and O–H groups in total. The Kier molecular flexibility index (Phi) is 5.85. The molecular formula is C21H21F3N4O2S. The number of nitrogens with zero attached hydrogens (tertiary/aromatic N) is 3. The molecule has 164 valence electrons. The van der Waals surface area contributed by atoms with Crippen LogP contribution in [0.25, 0.3) is 11.3 Å². The molecule has 1 aromatic carbocycles. The molecule has 6 nitrogen and oxygen atoms in total. The summed E-state index contributed by atoms with van der Waals surface area (Å²) in [6.07, 6.45) is 3.12. The number of alkyl halides is 3. The van der Waals surface area contributed by atoms with E-state index in [1.54, 1.807) is 12.4 Å². The lowest BCUT2D eigenvalue weighted by Gasteiger charge is -2.14. The lowest BCUT2D eigenvalue weighted by Crippen LogP contribution is -2.23. The smallest absolute Gasteiger partial charge is 0.265 e. The number of benzene rings is 1. The van der Waals surface area contributed by atoms with Gasteiger partial charge in [-0.05, 0) is 55.3 Å². The van der Waals surface area contributed by atoms with Gasteiger partial charge in [-0.15, -0.1) is 0 Å². The SMILES string of the molecule is O=S(=O)(NCc1cc(-c2ccncc2)n(C2CCCC2)n1)c1ccc(C(F)(F)F)cc1. The van der Waals surface area contributed by atoms with E-state index in [-0.39, 0.29) is 17.5 Å². The lowest BCUT2D eigenvalue weighted by molar-refractivity contribution is -0.137. The van der Waals surface area contributed by atoms with Gasteiger partial charge in [0.25, 0.3) is 0 Å². The second kappa shape index (κ2) is 8.43. The zero-order chi connectivity index (χ0) is 22.1. The van der Waals surface area contributed by atoms with Gasteiger partial charge in [-0.1, -0.05) is 12.8 Å². The monoisotopic (exact) mass is 450 g/mol. The van der Waals surface area contributed by atoms with E-state index >= 15 is 0 Å². The van der Waals surface area contributed by atoms with E-state index in [0.717, 1.165) is 61.2 Å². The van der Waals surface area contributed by atoms with Gasteiger partial charge in [0.2, 0.25) is 10.0 Å². The van der Waals surface area contributed by atoms with E-state index in [2.05, 4.69) is 14.8 Å². The Bertz CT molecular complexity index is 1140. The third-order valence-corrected chi connectivity index (χ3v) is 6.79. The van der Waals surface area contributed by atoms with Crippen molar-refractivity contribution in [1.29, 1.82) is 0 Å². The first-order valence-corrected chi connectivity index (χ1v) is 11.4. The first kappa shape index (κ1) is 21.5. The summed E-state index contributed by atoms with van der Waals surface area (Å²) in [6, 6.07) is 9.24. The Morgan fingerprint density at radius 3 is 2.29 bits per heavy atom. The quantitative estimate of drug-likeness (QED) is 0.598. The summed E-state index contributed by atoms with van der Waals surface area (Å²) in [7, 11) is -3.98. The molecule has 0 spiro atoms. The fourth-order valence-electron chi connectivity index (χ4n) is 3.77. The van der Waals surface area contributed by atoms with Crippen LogP contribution in [0.15, 0.2) is 59.8 Å². The largest absolute Gasteiger partial charge is 0.416 e. The van der Waals surface area contributed by atoms with Gasteiger partial charge < -0.3 is 0 Å². The molecule has 10 heteroatoms. The van der Waals surface area contributed by atoms with Gasteiger partial charge in [-0.2, -0.15) is 18.3 Å². The van der Waals surface area contributed by atoms with Gasteiger partial charge in [0.15, 0.2) is 0 Å². The van der Waals surface area contributed by atoms with Crippen molar-refractivity contribution in [3.05, 3.63) is 66.1 Å². The normalized spacial score (nSPS) is 15.5. The van der Waals surface area contributed by atoms with Gasteiger partial charge in [0.1, 0.15) is 0 Å².